The summed E-state index contributed by atoms with van der Waals surface area (Å²) in [7, 11) is 0. The first kappa shape index (κ1) is 15.0. The topological polar surface area (TPSA) is 46.3 Å². The van der Waals surface area contributed by atoms with Gasteiger partial charge < -0.3 is 10.6 Å². The number of carbonyl (C=O) groups excluding carboxylic acids is 1. The summed E-state index contributed by atoms with van der Waals surface area (Å²) in [5.74, 6) is -0.471. The van der Waals surface area contributed by atoms with Crippen molar-refractivity contribution in [3.8, 4) is 0 Å². The number of hydrogen-bond acceptors (Lipinski definition) is 2. The van der Waals surface area contributed by atoms with Crippen LogP contribution in [0.3, 0.4) is 0 Å². The Morgan fingerprint density at radius 3 is 2.62 bits per heavy atom. The Labute approximate surface area is 124 Å². The van der Waals surface area contributed by atoms with Gasteiger partial charge in [-0.25, -0.2) is 4.39 Å². The number of benzene rings is 2. The number of anilines is 2. The lowest BCUT2D eigenvalue weighted by Gasteiger charge is -2.21. The van der Waals surface area contributed by atoms with Gasteiger partial charge in [-0.2, -0.15) is 0 Å². The van der Waals surface area contributed by atoms with Crippen molar-refractivity contribution in [2.45, 2.75) is 19.8 Å². The number of halogens is 1. The highest BCUT2D eigenvalue weighted by molar-refractivity contribution is 5.93. The van der Waals surface area contributed by atoms with Crippen LogP contribution >= 0.6 is 0 Å². The number of aryl methyl sites for hydroxylation is 1. The summed E-state index contributed by atoms with van der Waals surface area (Å²) >= 11 is 0. The van der Waals surface area contributed by atoms with Gasteiger partial charge in [-0.05, 0) is 43.2 Å². The Bertz CT molecular complexity index is 628. The number of hydrogen-bond donors (Lipinski definition) is 1. The molecule has 2 rings (SSSR count). The van der Waals surface area contributed by atoms with Crippen LogP contribution < -0.4 is 10.6 Å². The quantitative estimate of drug-likeness (QED) is 0.856. The summed E-state index contributed by atoms with van der Waals surface area (Å²) in [6.07, 6.45) is 0.917. The zero-order chi connectivity index (χ0) is 15.2. The predicted molar refractivity (Wildman–Crippen MR) is 83.6 cm³/mol. The first-order chi connectivity index (χ1) is 10.1. The van der Waals surface area contributed by atoms with Crippen LogP contribution in [0.4, 0.5) is 15.8 Å². The maximum Gasteiger partial charge on any atom is 0.227 e. The molecule has 0 radical (unpaired) electrons. The lowest BCUT2D eigenvalue weighted by atomic mass is 10.1. The minimum atomic E-state index is -0.378. The van der Waals surface area contributed by atoms with Crippen molar-refractivity contribution in [3.05, 3.63) is 59.9 Å². The third-order valence-electron chi connectivity index (χ3n) is 3.34. The molecule has 0 bridgehead atoms. The Kier molecular flexibility index (Phi) is 4.93. The molecule has 0 saturated heterocycles. The van der Waals surface area contributed by atoms with Crippen LogP contribution in [0.1, 0.15) is 18.9 Å². The Morgan fingerprint density at radius 1 is 1.19 bits per heavy atom. The van der Waals surface area contributed by atoms with Crippen molar-refractivity contribution < 1.29 is 9.18 Å². The number of nitrogens with two attached hydrogens (primary N) is 1. The molecule has 0 unspecified atom stereocenters. The largest absolute Gasteiger partial charge is 0.399 e. The normalized spacial score (nSPS) is 10.4. The zero-order valence-corrected chi connectivity index (χ0v) is 12.1. The fourth-order valence-electron chi connectivity index (χ4n) is 2.29. The summed E-state index contributed by atoms with van der Waals surface area (Å²) in [4.78, 5) is 13.8. The fraction of sp³-hybridized carbons (Fsp3) is 0.235. The van der Waals surface area contributed by atoms with Gasteiger partial charge in [-0.1, -0.05) is 24.3 Å². The molecule has 2 aromatic rings. The van der Waals surface area contributed by atoms with Crippen LogP contribution in [0.5, 0.6) is 0 Å². The van der Waals surface area contributed by atoms with Gasteiger partial charge in [0.05, 0.1) is 5.69 Å². The lowest BCUT2D eigenvalue weighted by Crippen LogP contribution is -2.31. The molecule has 1 amide bonds. The summed E-state index contributed by atoms with van der Waals surface area (Å²) < 4.78 is 13.8. The van der Waals surface area contributed by atoms with Crippen LogP contribution in [0.2, 0.25) is 0 Å². The molecule has 21 heavy (non-hydrogen) atoms. The van der Waals surface area contributed by atoms with Gasteiger partial charge in [0.25, 0.3) is 0 Å². The number of rotatable bonds is 5. The molecule has 2 aromatic carbocycles. The van der Waals surface area contributed by atoms with Crippen molar-refractivity contribution in [1.29, 1.82) is 0 Å². The van der Waals surface area contributed by atoms with E-state index in [-0.39, 0.29) is 11.7 Å². The molecule has 0 aliphatic carbocycles. The van der Waals surface area contributed by atoms with Gasteiger partial charge in [0.1, 0.15) is 5.82 Å². The van der Waals surface area contributed by atoms with Gasteiger partial charge in [-0.15, -0.1) is 0 Å². The molecule has 0 atom stereocenters. The Balaban J connectivity index is 2.06. The Morgan fingerprint density at radius 2 is 1.95 bits per heavy atom. The summed E-state index contributed by atoms with van der Waals surface area (Å²) in [6, 6.07) is 13.8. The highest BCUT2D eigenvalue weighted by Gasteiger charge is 2.16. The second-order valence-corrected chi connectivity index (χ2v) is 4.83. The monoisotopic (exact) mass is 286 g/mol. The lowest BCUT2D eigenvalue weighted by molar-refractivity contribution is -0.118. The molecule has 0 fully saturated rings. The summed E-state index contributed by atoms with van der Waals surface area (Å²) in [5, 5.41) is 0. The molecule has 0 saturated carbocycles. The molecule has 0 aliphatic heterocycles. The highest BCUT2D eigenvalue weighted by atomic mass is 19.1. The van der Waals surface area contributed by atoms with Crippen molar-refractivity contribution in [2.24, 2.45) is 0 Å². The predicted octanol–water partition coefficient (Wildman–Crippen LogP) is 3.39. The molecule has 0 spiro atoms. The van der Waals surface area contributed by atoms with E-state index in [0.29, 0.717) is 30.8 Å². The van der Waals surface area contributed by atoms with Crippen LogP contribution in [-0.2, 0) is 11.2 Å². The summed E-state index contributed by atoms with van der Waals surface area (Å²) in [5.41, 5.74) is 7.74. The molecule has 2 N–H and O–H groups in total. The molecule has 0 aromatic heterocycles. The average Bonchev–Trinajstić information content (AvgIpc) is 2.48. The van der Waals surface area contributed by atoms with E-state index >= 15 is 0 Å². The third kappa shape index (κ3) is 3.81. The van der Waals surface area contributed by atoms with Crippen LogP contribution in [0, 0.1) is 5.82 Å². The van der Waals surface area contributed by atoms with Crippen LogP contribution in [0.15, 0.2) is 48.5 Å². The average molecular weight is 286 g/mol. The van der Waals surface area contributed by atoms with E-state index in [0.717, 1.165) is 5.56 Å². The molecular weight excluding hydrogens is 267 g/mol. The second kappa shape index (κ2) is 6.88. The molecular formula is C17H19FN2O. The van der Waals surface area contributed by atoms with Gasteiger partial charge in [0.15, 0.2) is 0 Å². The van der Waals surface area contributed by atoms with Crippen molar-refractivity contribution in [2.75, 3.05) is 17.2 Å². The van der Waals surface area contributed by atoms with Gasteiger partial charge in [0.2, 0.25) is 5.91 Å². The smallest absolute Gasteiger partial charge is 0.227 e. The van der Waals surface area contributed by atoms with Gasteiger partial charge in [0, 0.05) is 18.7 Å². The van der Waals surface area contributed by atoms with Crippen molar-refractivity contribution in [3.63, 3.8) is 0 Å². The van der Waals surface area contributed by atoms with E-state index in [9.17, 15) is 9.18 Å². The number of nitrogens with zero attached hydrogens (tertiary/aromatic N) is 1. The number of para-hydroxylation sites is 1. The number of nitrogen functional groups attached to an aromatic ring is 1. The minimum absolute atomic E-state index is 0.0926. The number of amides is 1. The maximum atomic E-state index is 13.8. The molecule has 3 nitrogen and oxygen atoms in total. The zero-order valence-electron chi connectivity index (χ0n) is 12.1. The van der Waals surface area contributed by atoms with Crippen molar-refractivity contribution >= 4 is 17.3 Å². The van der Waals surface area contributed by atoms with E-state index in [1.165, 1.54) is 11.0 Å². The number of carbonyl (C=O) groups is 1. The first-order valence-electron chi connectivity index (χ1n) is 7.01. The van der Waals surface area contributed by atoms with E-state index in [1.54, 1.807) is 18.2 Å². The van der Waals surface area contributed by atoms with E-state index in [1.807, 2.05) is 31.2 Å². The third-order valence-corrected chi connectivity index (χ3v) is 3.34. The second-order valence-electron chi connectivity index (χ2n) is 4.83. The molecule has 110 valence electrons. The minimum Gasteiger partial charge on any atom is -0.399 e. The van der Waals surface area contributed by atoms with E-state index in [4.69, 9.17) is 5.73 Å². The molecule has 0 aliphatic rings. The Hall–Kier alpha value is -2.36. The SMILES string of the molecule is CCN(C(=O)CCc1cccc(N)c1)c1ccccc1F. The first-order valence-corrected chi connectivity index (χ1v) is 7.01. The van der Waals surface area contributed by atoms with Crippen molar-refractivity contribution in [1.82, 2.24) is 0 Å². The van der Waals surface area contributed by atoms with E-state index < -0.39 is 0 Å². The highest BCUT2D eigenvalue weighted by Crippen LogP contribution is 2.20. The molecule has 4 heteroatoms. The van der Waals surface area contributed by atoms with E-state index in [2.05, 4.69) is 0 Å². The van der Waals surface area contributed by atoms with Gasteiger partial charge in [-0.3, -0.25) is 4.79 Å². The van der Waals surface area contributed by atoms with Crippen LogP contribution in [-0.4, -0.2) is 12.5 Å². The standard InChI is InChI=1S/C17H19FN2O/c1-2-20(16-9-4-3-8-15(16)18)17(21)11-10-13-6-5-7-14(19)12-13/h3-9,12H,2,10-11,19H2,1H3. The fourth-order valence-corrected chi connectivity index (χ4v) is 2.29. The maximum absolute atomic E-state index is 13.8. The molecule has 0 heterocycles. The van der Waals surface area contributed by atoms with Gasteiger partial charge >= 0.3 is 0 Å². The van der Waals surface area contributed by atoms with Crippen LogP contribution in [0.25, 0.3) is 0 Å². The summed E-state index contributed by atoms with van der Waals surface area (Å²) in [6.45, 7) is 2.28.